The van der Waals surface area contributed by atoms with E-state index in [0.29, 0.717) is 6.41 Å². The van der Waals surface area contributed by atoms with Gasteiger partial charge in [0.25, 0.3) is 0 Å². The number of carbonyl (C=O) groups excluding carboxylic acids is 1. The fraction of sp³-hybridized carbons (Fsp3) is 0. The van der Waals surface area contributed by atoms with E-state index in [1.807, 2.05) is 30.5 Å². The number of hydrogen-bond donors (Lipinski definition) is 2. The third-order valence-corrected chi connectivity index (χ3v) is 1.96. The summed E-state index contributed by atoms with van der Waals surface area (Å²) in [6.45, 7) is 0. The van der Waals surface area contributed by atoms with E-state index in [0.717, 1.165) is 16.5 Å². The van der Waals surface area contributed by atoms with Crippen molar-refractivity contribution in [3.8, 4) is 0 Å². The molecule has 0 bridgehead atoms. The predicted molar refractivity (Wildman–Crippen MR) is 55.1 cm³/mol. The summed E-state index contributed by atoms with van der Waals surface area (Å²) in [6, 6.07) is 7.82. The lowest BCUT2D eigenvalue weighted by Crippen LogP contribution is -2.00. The maximum Gasteiger partial charge on any atom is 0.227 e. The fourth-order valence-corrected chi connectivity index (χ4v) is 1.36. The van der Waals surface area contributed by atoms with Crippen LogP contribution in [-0.4, -0.2) is 17.6 Å². The summed E-state index contributed by atoms with van der Waals surface area (Å²) < 4.78 is 0. The lowest BCUT2D eigenvalue weighted by Gasteiger charge is -1.94. The van der Waals surface area contributed by atoms with Gasteiger partial charge >= 0.3 is 0 Å². The molecule has 4 heteroatoms. The number of carbonyl (C=O) groups is 1. The number of rotatable bonds is 3. The molecule has 1 heterocycles. The average Bonchev–Trinajstić information content (AvgIpc) is 2.67. The maximum absolute atomic E-state index is 9.98. The molecule has 1 aromatic heterocycles. The van der Waals surface area contributed by atoms with Crippen molar-refractivity contribution >= 4 is 23.5 Å². The minimum absolute atomic E-state index is 0.535. The number of benzene rings is 1. The number of hydrazone groups is 1. The normalized spacial score (nSPS) is 10.9. The standard InChI is InChI=1S/C10H9N3O/c14-7-13-12-6-8-2-1-3-10-9(8)4-5-11-10/h1-7,11H,(H,13,14)/b12-6+. The Morgan fingerprint density at radius 1 is 1.36 bits per heavy atom. The topological polar surface area (TPSA) is 57.2 Å². The summed E-state index contributed by atoms with van der Waals surface area (Å²) in [5.41, 5.74) is 4.26. The van der Waals surface area contributed by atoms with Crippen LogP contribution < -0.4 is 5.43 Å². The SMILES string of the molecule is O=CN/N=C/c1cccc2[nH]ccc12. The van der Waals surface area contributed by atoms with Crippen molar-refractivity contribution in [3.05, 3.63) is 36.0 Å². The number of hydrogen-bond acceptors (Lipinski definition) is 2. The van der Waals surface area contributed by atoms with Crippen molar-refractivity contribution < 1.29 is 4.79 Å². The largest absolute Gasteiger partial charge is 0.361 e. The number of aromatic amines is 1. The molecule has 2 N–H and O–H groups in total. The van der Waals surface area contributed by atoms with Crippen LogP contribution in [0.1, 0.15) is 5.56 Å². The van der Waals surface area contributed by atoms with Crippen LogP contribution in [0.25, 0.3) is 10.9 Å². The van der Waals surface area contributed by atoms with Gasteiger partial charge in [0, 0.05) is 22.7 Å². The Bertz CT molecular complexity index is 473. The lowest BCUT2D eigenvalue weighted by atomic mass is 10.1. The van der Waals surface area contributed by atoms with Gasteiger partial charge in [-0.3, -0.25) is 4.79 Å². The smallest absolute Gasteiger partial charge is 0.227 e. The summed E-state index contributed by atoms with van der Waals surface area (Å²) in [4.78, 5) is 13.1. The molecule has 0 fully saturated rings. The molecule has 0 saturated heterocycles. The van der Waals surface area contributed by atoms with Crippen LogP contribution in [-0.2, 0) is 4.79 Å². The molecule has 2 rings (SSSR count). The monoisotopic (exact) mass is 187 g/mol. The van der Waals surface area contributed by atoms with Crippen LogP contribution in [0.3, 0.4) is 0 Å². The molecular formula is C10H9N3O. The maximum atomic E-state index is 9.98. The third kappa shape index (κ3) is 1.50. The first kappa shape index (κ1) is 8.50. The first-order chi connectivity index (χ1) is 6.92. The van der Waals surface area contributed by atoms with Crippen molar-refractivity contribution in [3.63, 3.8) is 0 Å². The van der Waals surface area contributed by atoms with Gasteiger partial charge in [-0.2, -0.15) is 5.10 Å². The second-order valence-electron chi connectivity index (χ2n) is 2.79. The zero-order valence-electron chi connectivity index (χ0n) is 7.40. The molecule has 0 aliphatic carbocycles. The summed E-state index contributed by atoms with van der Waals surface area (Å²) >= 11 is 0. The third-order valence-electron chi connectivity index (χ3n) is 1.96. The van der Waals surface area contributed by atoms with Gasteiger partial charge in [-0.15, -0.1) is 0 Å². The van der Waals surface area contributed by atoms with E-state index in [1.54, 1.807) is 6.21 Å². The predicted octanol–water partition coefficient (Wildman–Crippen LogP) is 1.25. The molecule has 70 valence electrons. The molecule has 1 amide bonds. The Morgan fingerprint density at radius 2 is 2.29 bits per heavy atom. The van der Waals surface area contributed by atoms with Crippen LogP contribution >= 0.6 is 0 Å². The van der Waals surface area contributed by atoms with Crippen LogP contribution in [0, 0.1) is 0 Å². The van der Waals surface area contributed by atoms with Gasteiger partial charge in [0.1, 0.15) is 0 Å². The molecule has 2 aromatic rings. The van der Waals surface area contributed by atoms with Crippen LogP contribution in [0.4, 0.5) is 0 Å². The number of amides is 1. The van der Waals surface area contributed by atoms with Gasteiger partial charge in [-0.25, -0.2) is 5.43 Å². The number of aromatic nitrogens is 1. The Hall–Kier alpha value is -2.10. The van der Waals surface area contributed by atoms with Crippen molar-refractivity contribution in [2.45, 2.75) is 0 Å². The quantitative estimate of drug-likeness (QED) is 0.424. The van der Waals surface area contributed by atoms with Gasteiger partial charge in [0.15, 0.2) is 0 Å². The van der Waals surface area contributed by atoms with E-state index >= 15 is 0 Å². The number of H-pyrrole nitrogens is 1. The molecule has 4 nitrogen and oxygen atoms in total. The number of nitrogens with zero attached hydrogens (tertiary/aromatic N) is 1. The van der Waals surface area contributed by atoms with E-state index in [-0.39, 0.29) is 0 Å². The van der Waals surface area contributed by atoms with Gasteiger partial charge in [0.2, 0.25) is 6.41 Å². The highest BCUT2D eigenvalue weighted by molar-refractivity contribution is 5.98. The zero-order chi connectivity index (χ0) is 9.80. The number of nitrogens with one attached hydrogen (secondary N) is 2. The Morgan fingerprint density at radius 3 is 3.14 bits per heavy atom. The zero-order valence-corrected chi connectivity index (χ0v) is 7.40. The highest BCUT2D eigenvalue weighted by atomic mass is 16.1. The van der Waals surface area contributed by atoms with Crippen molar-refractivity contribution in [1.82, 2.24) is 10.4 Å². The summed E-state index contributed by atoms with van der Waals surface area (Å²) in [6.07, 6.45) is 4.02. The Kier molecular flexibility index (Phi) is 2.27. The molecule has 0 radical (unpaired) electrons. The molecule has 0 spiro atoms. The second kappa shape index (κ2) is 3.74. The fourth-order valence-electron chi connectivity index (χ4n) is 1.36. The van der Waals surface area contributed by atoms with Gasteiger partial charge < -0.3 is 4.98 Å². The molecular weight excluding hydrogens is 178 g/mol. The number of fused-ring (bicyclic) bond motifs is 1. The first-order valence-corrected chi connectivity index (χ1v) is 4.20. The van der Waals surface area contributed by atoms with E-state index in [2.05, 4.69) is 15.5 Å². The van der Waals surface area contributed by atoms with E-state index in [1.165, 1.54) is 0 Å². The average molecular weight is 187 g/mol. The second-order valence-corrected chi connectivity index (χ2v) is 2.79. The van der Waals surface area contributed by atoms with Crippen molar-refractivity contribution in [2.75, 3.05) is 0 Å². The molecule has 14 heavy (non-hydrogen) atoms. The minimum Gasteiger partial charge on any atom is -0.361 e. The first-order valence-electron chi connectivity index (χ1n) is 4.20. The van der Waals surface area contributed by atoms with Crippen molar-refractivity contribution in [2.24, 2.45) is 5.10 Å². The van der Waals surface area contributed by atoms with E-state index < -0.39 is 0 Å². The minimum atomic E-state index is 0.535. The van der Waals surface area contributed by atoms with Gasteiger partial charge in [-0.1, -0.05) is 12.1 Å². The highest BCUT2D eigenvalue weighted by Crippen LogP contribution is 2.15. The van der Waals surface area contributed by atoms with Gasteiger partial charge in [0.05, 0.1) is 6.21 Å². The molecule has 0 saturated carbocycles. The van der Waals surface area contributed by atoms with Crippen LogP contribution in [0.5, 0.6) is 0 Å². The molecule has 0 aliphatic rings. The van der Waals surface area contributed by atoms with E-state index in [4.69, 9.17) is 0 Å². The van der Waals surface area contributed by atoms with E-state index in [9.17, 15) is 4.79 Å². The summed E-state index contributed by atoms with van der Waals surface area (Å²) in [5, 5.41) is 4.82. The lowest BCUT2D eigenvalue weighted by molar-refractivity contribution is -0.109. The molecule has 0 atom stereocenters. The Balaban J connectivity index is 2.41. The Labute approximate surface area is 80.6 Å². The highest BCUT2D eigenvalue weighted by Gasteiger charge is 1.97. The molecule has 0 unspecified atom stereocenters. The van der Waals surface area contributed by atoms with Crippen molar-refractivity contribution in [1.29, 1.82) is 0 Å². The summed E-state index contributed by atoms with van der Waals surface area (Å²) in [5.74, 6) is 0. The van der Waals surface area contributed by atoms with Crippen LogP contribution in [0.2, 0.25) is 0 Å². The summed E-state index contributed by atoms with van der Waals surface area (Å²) in [7, 11) is 0. The molecule has 1 aromatic carbocycles. The van der Waals surface area contributed by atoms with Crippen LogP contribution in [0.15, 0.2) is 35.6 Å². The molecule has 0 aliphatic heterocycles. The van der Waals surface area contributed by atoms with Gasteiger partial charge in [-0.05, 0) is 12.1 Å².